The molecule has 1 aliphatic rings. The summed E-state index contributed by atoms with van der Waals surface area (Å²) < 4.78 is 0. The highest BCUT2D eigenvalue weighted by Gasteiger charge is 2.18. The molecule has 1 amide bonds. The zero-order valence-electron chi connectivity index (χ0n) is 15.0. The van der Waals surface area contributed by atoms with Gasteiger partial charge in [0, 0.05) is 31.7 Å². The van der Waals surface area contributed by atoms with Gasteiger partial charge in [-0.1, -0.05) is 13.0 Å². The lowest BCUT2D eigenvalue weighted by Gasteiger charge is -2.33. The standard InChI is InChI=1S/C18H29N5O/c1-4-19-18(23-12-9-14(2)10-13-23)20-11-8-17(24)22-16-7-5-6-15(3)21-16/h5-7,14H,4,8-13H2,1-3H3,(H,19,20)(H,21,22,24). The molecule has 2 heterocycles. The van der Waals surface area contributed by atoms with Crippen molar-refractivity contribution in [1.82, 2.24) is 15.2 Å². The summed E-state index contributed by atoms with van der Waals surface area (Å²) in [5, 5.41) is 6.15. The Morgan fingerprint density at radius 3 is 2.79 bits per heavy atom. The molecule has 0 unspecified atom stereocenters. The van der Waals surface area contributed by atoms with Gasteiger partial charge in [-0.2, -0.15) is 0 Å². The van der Waals surface area contributed by atoms with Crippen molar-refractivity contribution >= 4 is 17.7 Å². The summed E-state index contributed by atoms with van der Waals surface area (Å²) in [5.41, 5.74) is 0.888. The number of nitrogens with zero attached hydrogens (tertiary/aromatic N) is 3. The van der Waals surface area contributed by atoms with Gasteiger partial charge in [0.2, 0.25) is 5.91 Å². The van der Waals surface area contributed by atoms with Crippen LogP contribution in [0.4, 0.5) is 5.82 Å². The fourth-order valence-corrected chi connectivity index (χ4v) is 2.73. The van der Waals surface area contributed by atoms with Gasteiger partial charge in [-0.3, -0.25) is 9.79 Å². The van der Waals surface area contributed by atoms with E-state index in [-0.39, 0.29) is 5.91 Å². The van der Waals surface area contributed by atoms with E-state index < -0.39 is 0 Å². The van der Waals surface area contributed by atoms with E-state index >= 15 is 0 Å². The van der Waals surface area contributed by atoms with Gasteiger partial charge >= 0.3 is 0 Å². The van der Waals surface area contributed by atoms with Crippen molar-refractivity contribution in [2.75, 3.05) is 31.5 Å². The van der Waals surface area contributed by atoms with Gasteiger partial charge in [0.15, 0.2) is 5.96 Å². The molecule has 6 nitrogen and oxygen atoms in total. The first-order valence-electron chi connectivity index (χ1n) is 8.85. The molecule has 1 aromatic rings. The molecule has 0 radical (unpaired) electrons. The largest absolute Gasteiger partial charge is 0.357 e. The number of nitrogens with one attached hydrogen (secondary N) is 2. The van der Waals surface area contributed by atoms with Gasteiger partial charge < -0.3 is 15.5 Å². The predicted octanol–water partition coefficient (Wildman–Crippen LogP) is 2.42. The van der Waals surface area contributed by atoms with E-state index in [4.69, 9.17) is 0 Å². The third-order valence-corrected chi connectivity index (χ3v) is 4.17. The van der Waals surface area contributed by atoms with Gasteiger partial charge in [-0.05, 0) is 44.7 Å². The van der Waals surface area contributed by atoms with Crippen molar-refractivity contribution in [1.29, 1.82) is 0 Å². The lowest BCUT2D eigenvalue weighted by atomic mass is 10.00. The van der Waals surface area contributed by atoms with Gasteiger partial charge in [0.1, 0.15) is 5.82 Å². The number of hydrogen-bond acceptors (Lipinski definition) is 3. The van der Waals surface area contributed by atoms with Crippen molar-refractivity contribution < 1.29 is 4.79 Å². The van der Waals surface area contributed by atoms with Crippen LogP contribution < -0.4 is 10.6 Å². The molecule has 0 aromatic carbocycles. The molecule has 0 bridgehead atoms. The Labute approximate surface area is 144 Å². The normalized spacial score (nSPS) is 16.1. The Morgan fingerprint density at radius 2 is 2.12 bits per heavy atom. The van der Waals surface area contributed by atoms with Crippen LogP contribution in [0.2, 0.25) is 0 Å². The fraction of sp³-hybridized carbons (Fsp3) is 0.611. The Morgan fingerprint density at radius 1 is 1.38 bits per heavy atom. The highest BCUT2D eigenvalue weighted by atomic mass is 16.1. The van der Waals surface area contributed by atoms with Crippen LogP contribution in [0.5, 0.6) is 0 Å². The molecule has 1 aliphatic heterocycles. The summed E-state index contributed by atoms with van der Waals surface area (Å²) in [6.45, 7) is 9.65. The van der Waals surface area contributed by atoms with Crippen LogP contribution in [0.3, 0.4) is 0 Å². The predicted molar refractivity (Wildman–Crippen MR) is 98.2 cm³/mol. The van der Waals surface area contributed by atoms with Gasteiger partial charge in [-0.25, -0.2) is 4.98 Å². The van der Waals surface area contributed by atoms with E-state index in [2.05, 4.69) is 39.4 Å². The second-order valence-corrected chi connectivity index (χ2v) is 6.37. The molecule has 6 heteroatoms. The van der Waals surface area contributed by atoms with Gasteiger partial charge in [0.05, 0.1) is 6.54 Å². The second-order valence-electron chi connectivity index (χ2n) is 6.37. The zero-order chi connectivity index (χ0) is 17.4. The van der Waals surface area contributed by atoms with Crippen LogP contribution >= 0.6 is 0 Å². The van der Waals surface area contributed by atoms with E-state index in [1.807, 2.05) is 19.1 Å². The maximum atomic E-state index is 12.0. The number of hydrogen-bond donors (Lipinski definition) is 2. The number of rotatable bonds is 5. The average molecular weight is 331 g/mol. The molecule has 1 saturated heterocycles. The number of aromatic nitrogens is 1. The van der Waals surface area contributed by atoms with Crippen molar-refractivity contribution in [2.45, 2.75) is 40.0 Å². The highest BCUT2D eigenvalue weighted by molar-refractivity contribution is 5.90. The summed E-state index contributed by atoms with van der Waals surface area (Å²) in [4.78, 5) is 23.2. The van der Waals surface area contributed by atoms with Crippen LogP contribution in [-0.2, 0) is 4.79 Å². The first kappa shape index (κ1) is 18.2. The molecule has 2 rings (SSSR count). The average Bonchev–Trinajstić information content (AvgIpc) is 2.55. The Balaban J connectivity index is 1.83. The monoisotopic (exact) mass is 331 g/mol. The summed E-state index contributed by atoms with van der Waals surface area (Å²) in [5.74, 6) is 2.25. The Hall–Kier alpha value is -2.11. The SMILES string of the molecule is CCNC(=NCCC(=O)Nc1cccc(C)n1)N1CCC(C)CC1. The molecular weight excluding hydrogens is 302 g/mol. The fourth-order valence-electron chi connectivity index (χ4n) is 2.73. The molecule has 0 aliphatic carbocycles. The van der Waals surface area contributed by atoms with E-state index in [0.717, 1.165) is 37.2 Å². The maximum absolute atomic E-state index is 12.0. The first-order chi connectivity index (χ1) is 11.6. The van der Waals surface area contributed by atoms with Gasteiger partial charge in [-0.15, -0.1) is 0 Å². The lowest BCUT2D eigenvalue weighted by molar-refractivity contribution is -0.116. The summed E-state index contributed by atoms with van der Waals surface area (Å²) >= 11 is 0. The third kappa shape index (κ3) is 5.83. The molecule has 0 atom stereocenters. The number of pyridine rings is 1. The third-order valence-electron chi connectivity index (χ3n) is 4.17. The van der Waals surface area contributed by atoms with E-state index in [9.17, 15) is 4.79 Å². The number of guanidine groups is 1. The summed E-state index contributed by atoms with van der Waals surface area (Å²) in [6.07, 6.45) is 2.75. The molecule has 24 heavy (non-hydrogen) atoms. The summed E-state index contributed by atoms with van der Waals surface area (Å²) in [6, 6.07) is 5.59. The summed E-state index contributed by atoms with van der Waals surface area (Å²) in [7, 11) is 0. The van der Waals surface area contributed by atoms with Crippen molar-refractivity contribution in [3.8, 4) is 0 Å². The number of aliphatic imine (C=N–C) groups is 1. The van der Waals surface area contributed by atoms with Crippen LogP contribution in [0.1, 0.15) is 38.8 Å². The number of carbonyl (C=O) groups excluding carboxylic acids is 1. The minimum Gasteiger partial charge on any atom is -0.357 e. The Kier molecular flexibility index (Phi) is 7.03. The maximum Gasteiger partial charge on any atom is 0.227 e. The molecular formula is C18H29N5O. The number of likely N-dealkylation sites (tertiary alicyclic amines) is 1. The number of amides is 1. The van der Waals surface area contributed by atoms with E-state index in [1.54, 1.807) is 6.07 Å². The van der Waals surface area contributed by atoms with Crippen molar-refractivity contribution in [3.05, 3.63) is 23.9 Å². The van der Waals surface area contributed by atoms with E-state index in [1.165, 1.54) is 12.8 Å². The minimum atomic E-state index is -0.0556. The molecule has 2 N–H and O–H groups in total. The van der Waals surface area contributed by atoms with Crippen LogP contribution in [0.15, 0.2) is 23.2 Å². The van der Waals surface area contributed by atoms with Crippen LogP contribution in [0, 0.1) is 12.8 Å². The highest BCUT2D eigenvalue weighted by Crippen LogP contribution is 2.15. The lowest BCUT2D eigenvalue weighted by Crippen LogP contribution is -2.45. The molecule has 0 saturated carbocycles. The first-order valence-corrected chi connectivity index (χ1v) is 8.85. The van der Waals surface area contributed by atoms with Crippen molar-refractivity contribution in [3.63, 3.8) is 0 Å². The van der Waals surface area contributed by atoms with Gasteiger partial charge in [0.25, 0.3) is 0 Å². The van der Waals surface area contributed by atoms with E-state index in [0.29, 0.717) is 18.8 Å². The Bertz CT molecular complexity index is 564. The molecule has 1 aromatic heterocycles. The minimum absolute atomic E-state index is 0.0556. The number of carbonyl (C=O) groups is 1. The molecule has 132 valence electrons. The molecule has 0 spiro atoms. The zero-order valence-corrected chi connectivity index (χ0v) is 15.0. The number of piperidine rings is 1. The number of anilines is 1. The number of aryl methyl sites for hydroxylation is 1. The second kappa shape index (κ2) is 9.25. The van der Waals surface area contributed by atoms with Crippen molar-refractivity contribution in [2.24, 2.45) is 10.9 Å². The van der Waals surface area contributed by atoms with Crippen LogP contribution in [-0.4, -0.2) is 47.9 Å². The smallest absolute Gasteiger partial charge is 0.227 e. The molecule has 1 fully saturated rings. The van der Waals surface area contributed by atoms with Crippen LogP contribution in [0.25, 0.3) is 0 Å². The quantitative estimate of drug-likeness (QED) is 0.642. The topological polar surface area (TPSA) is 69.6 Å².